The van der Waals surface area contributed by atoms with Crippen LogP contribution in [0.15, 0.2) is 35.1 Å². The van der Waals surface area contributed by atoms with Gasteiger partial charge in [0.25, 0.3) is 5.56 Å². The van der Waals surface area contributed by atoms with Crippen LogP contribution in [-0.4, -0.2) is 72.5 Å². The predicted octanol–water partition coefficient (Wildman–Crippen LogP) is 4.02. The number of halogens is 5. The van der Waals surface area contributed by atoms with Crippen LogP contribution in [0.25, 0.3) is 11.1 Å². The second kappa shape index (κ2) is 13.5. The average Bonchev–Trinajstić information content (AvgIpc) is 3.02. The van der Waals surface area contributed by atoms with Gasteiger partial charge < -0.3 is 33.9 Å². The fraction of sp³-hybridized carbons (Fsp3) is 0.438. The maximum Gasteiger partial charge on any atom is 0.411 e. The monoisotopic (exact) mass is 667 g/mol. The number of ether oxygens (including phenoxy) is 3. The van der Waals surface area contributed by atoms with Gasteiger partial charge in [-0.3, -0.25) is 14.9 Å². The van der Waals surface area contributed by atoms with Crippen LogP contribution in [0.1, 0.15) is 35.0 Å². The molecule has 1 fully saturated rings. The normalized spacial score (nSPS) is 17.9. The third kappa shape index (κ3) is 6.78. The first-order chi connectivity index (χ1) is 22.2. The van der Waals surface area contributed by atoms with Crippen molar-refractivity contribution < 1.29 is 51.2 Å². The van der Waals surface area contributed by atoms with Crippen LogP contribution in [0, 0.1) is 18.6 Å². The van der Waals surface area contributed by atoms with Crippen molar-refractivity contribution in [3.8, 4) is 22.6 Å². The third-order valence-corrected chi connectivity index (χ3v) is 8.55. The van der Waals surface area contributed by atoms with Crippen LogP contribution >= 0.6 is 0 Å². The lowest BCUT2D eigenvalue weighted by atomic mass is 9.90. The summed E-state index contributed by atoms with van der Waals surface area (Å²) in [5, 5.41) is 23.1. The first-order valence-electron chi connectivity index (χ1n) is 14.8. The van der Waals surface area contributed by atoms with E-state index in [1.54, 1.807) is 32.2 Å². The highest BCUT2D eigenvalue weighted by atomic mass is 19.4. The number of rotatable bonds is 9. The third-order valence-electron chi connectivity index (χ3n) is 8.55. The van der Waals surface area contributed by atoms with E-state index in [2.05, 4.69) is 5.32 Å². The second-order valence-electron chi connectivity index (χ2n) is 11.4. The number of aryl methyl sites for hydroxylation is 1. The number of nitrogens with zero attached hydrogens (tertiary/aromatic N) is 2. The van der Waals surface area contributed by atoms with E-state index >= 15 is 8.78 Å². The summed E-state index contributed by atoms with van der Waals surface area (Å²) in [6.45, 7) is 1.02. The molecule has 3 N–H and O–H groups in total. The minimum absolute atomic E-state index is 0.0903. The summed E-state index contributed by atoms with van der Waals surface area (Å²) in [5.41, 5.74) is 0.858. The molecule has 0 amide bonds. The molecule has 47 heavy (non-hydrogen) atoms. The number of aliphatic hydroxyl groups excluding tert-OH is 1. The molecule has 2 aliphatic rings. The highest BCUT2D eigenvalue weighted by molar-refractivity contribution is 5.79. The molecule has 0 radical (unpaired) electrons. The van der Waals surface area contributed by atoms with E-state index in [1.165, 1.54) is 11.7 Å². The predicted molar refractivity (Wildman–Crippen MR) is 160 cm³/mol. The van der Waals surface area contributed by atoms with Crippen molar-refractivity contribution in [2.45, 2.75) is 50.7 Å². The Labute approximate surface area is 266 Å². The Hall–Kier alpha value is -4.21. The van der Waals surface area contributed by atoms with Crippen molar-refractivity contribution in [1.29, 1.82) is 0 Å². The summed E-state index contributed by atoms with van der Waals surface area (Å²) in [4.78, 5) is 26.4. The molecule has 2 aromatic carbocycles. The highest BCUT2D eigenvalue weighted by Gasteiger charge is 2.46. The van der Waals surface area contributed by atoms with Gasteiger partial charge in [-0.2, -0.15) is 13.2 Å². The van der Waals surface area contributed by atoms with Gasteiger partial charge >= 0.3 is 12.1 Å². The molecule has 1 unspecified atom stereocenters. The number of pyridine rings is 1. The van der Waals surface area contributed by atoms with Gasteiger partial charge in [0.15, 0.2) is 0 Å². The maximum atomic E-state index is 15.2. The quantitative estimate of drug-likeness (QED) is 0.230. The summed E-state index contributed by atoms with van der Waals surface area (Å²) >= 11 is 0. The van der Waals surface area contributed by atoms with Crippen molar-refractivity contribution in [3.63, 3.8) is 0 Å². The number of carboxylic acid groups (broad SMARTS) is 1. The zero-order chi connectivity index (χ0) is 34.2. The molecule has 1 aromatic heterocycles. The first kappa shape index (κ1) is 34.1. The number of alkyl halides is 3. The highest BCUT2D eigenvalue weighted by Crippen LogP contribution is 2.41. The van der Waals surface area contributed by atoms with Gasteiger partial charge in [0.1, 0.15) is 41.4 Å². The van der Waals surface area contributed by atoms with Gasteiger partial charge in [0.05, 0.1) is 38.1 Å². The van der Waals surface area contributed by atoms with Gasteiger partial charge in [0, 0.05) is 36.6 Å². The lowest BCUT2D eigenvalue weighted by Crippen LogP contribution is -2.53. The molecule has 0 aliphatic carbocycles. The van der Waals surface area contributed by atoms with E-state index in [4.69, 9.17) is 14.2 Å². The molecule has 3 aromatic rings. The number of aliphatic carboxylic acids is 1. The zero-order valence-corrected chi connectivity index (χ0v) is 25.8. The Kier molecular flexibility index (Phi) is 9.80. The molecule has 0 saturated carbocycles. The number of hydrogen-bond acceptors (Lipinski definition) is 8. The summed E-state index contributed by atoms with van der Waals surface area (Å²) in [6, 6.07) is 2.60. The molecule has 15 heteroatoms. The van der Waals surface area contributed by atoms with Crippen molar-refractivity contribution >= 4 is 11.7 Å². The lowest BCUT2D eigenvalue weighted by Gasteiger charge is -2.38. The molecule has 2 aliphatic heterocycles. The Morgan fingerprint density at radius 1 is 1.17 bits per heavy atom. The van der Waals surface area contributed by atoms with E-state index < -0.39 is 59.9 Å². The molecule has 0 spiro atoms. The molecule has 10 nitrogen and oxygen atoms in total. The molecule has 1 saturated heterocycles. The van der Waals surface area contributed by atoms with Crippen LogP contribution in [-0.2, 0) is 29.4 Å². The largest absolute Gasteiger partial charge is 0.496 e. The van der Waals surface area contributed by atoms with Crippen LogP contribution < -0.4 is 25.2 Å². The van der Waals surface area contributed by atoms with E-state index in [-0.39, 0.29) is 30.7 Å². The van der Waals surface area contributed by atoms with E-state index in [1.807, 2.05) is 0 Å². The summed E-state index contributed by atoms with van der Waals surface area (Å²) < 4.78 is 88.9. The minimum Gasteiger partial charge on any atom is -0.496 e. The number of hydrogen-bond donors (Lipinski definition) is 3. The van der Waals surface area contributed by atoms with Crippen LogP contribution in [0.2, 0.25) is 0 Å². The maximum absolute atomic E-state index is 15.2. The Bertz CT molecular complexity index is 1710. The van der Waals surface area contributed by atoms with Crippen molar-refractivity contribution in [2.75, 3.05) is 38.4 Å². The number of nitrogens with one attached hydrogen (secondary N) is 1. The molecular weight excluding hydrogens is 633 g/mol. The van der Waals surface area contributed by atoms with Gasteiger partial charge in [-0.15, -0.1) is 0 Å². The molecular formula is C32H34F5N3O7. The van der Waals surface area contributed by atoms with Crippen molar-refractivity contribution in [2.24, 2.45) is 7.05 Å². The molecule has 5 rings (SSSR count). The number of anilines is 1. The zero-order valence-electron chi connectivity index (χ0n) is 25.8. The smallest absolute Gasteiger partial charge is 0.411 e. The van der Waals surface area contributed by atoms with E-state index in [9.17, 15) is 33.0 Å². The van der Waals surface area contributed by atoms with Gasteiger partial charge in [-0.25, -0.2) is 8.78 Å². The molecule has 254 valence electrons. The number of morpholine rings is 1. The molecule has 3 heterocycles. The molecule has 0 bridgehead atoms. The molecule has 3 atom stereocenters. The minimum atomic E-state index is -4.73. The number of carboxylic acids is 1. The summed E-state index contributed by atoms with van der Waals surface area (Å²) in [6.07, 6.45) is -6.07. The SMILES string of the molecule is COc1cc(C)n(C)c(=O)c1-c1ccc(C[C@H](NC(O)c2c(F)cc(N3CCOC[C@@H]3C(F)(F)F)cc2F)C(=O)O)c2c1OCCC2. The summed E-state index contributed by atoms with van der Waals surface area (Å²) in [5.74, 6) is -3.45. The van der Waals surface area contributed by atoms with Gasteiger partial charge in [-0.05, 0) is 49.4 Å². The fourth-order valence-electron chi connectivity index (χ4n) is 6.01. The number of aromatic nitrogens is 1. The number of carbonyl (C=O) groups is 1. The van der Waals surface area contributed by atoms with Gasteiger partial charge in [-0.1, -0.05) is 12.1 Å². The van der Waals surface area contributed by atoms with Gasteiger partial charge in [0.2, 0.25) is 0 Å². The van der Waals surface area contributed by atoms with E-state index in [0.717, 1.165) is 4.90 Å². The van der Waals surface area contributed by atoms with Crippen molar-refractivity contribution in [3.05, 3.63) is 74.7 Å². The Morgan fingerprint density at radius 2 is 1.87 bits per heavy atom. The first-order valence-corrected chi connectivity index (χ1v) is 14.8. The van der Waals surface area contributed by atoms with Crippen LogP contribution in [0.3, 0.4) is 0 Å². The Morgan fingerprint density at radius 3 is 2.51 bits per heavy atom. The number of aliphatic hydroxyl groups is 1. The second-order valence-corrected chi connectivity index (χ2v) is 11.4. The van der Waals surface area contributed by atoms with E-state index in [0.29, 0.717) is 65.5 Å². The topological polar surface area (TPSA) is 122 Å². The number of benzene rings is 2. The van der Waals surface area contributed by atoms with Crippen molar-refractivity contribution in [1.82, 2.24) is 9.88 Å². The lowest BCUT2D eigenvalue weighted by molar-refractivity contribution is -0.167. The van der Waals surface area contributed by atoms with Crippen LogP contribution in [0.5, 0.6) is 11.5 Å². The number of methoxy groups -OCH3 is 1. The fourth-order valence-corrected chi connectivity index (χ4v) is 6.01. The standard InChI is InChI=1S/C32H34F5N3O7/c1-16-11-24(45-3)26(30(42)39(16)2)20-7-6-17(19-5-4-9-47-28(19)20)12-23(31(43)44)38-29(41)27-21(33)13-18(14-22(27)34)40-8-10-46-15-25(40)32(35,36)37/h6-7,11,13-14,23,25,29,38,41H,4-5,8-10,12,15H2,1-3H3,(H,43,44)/t23-,25+,29?/m0/s1. The number of fused-ring (bicyclic) bond motifs is 1. The van der Waals surface area contributed by atoms with Crippen LogP contribution in [0.4, 0.5) is 27.6 Å². The summed E-state index contributed by atoms with van der Waals surface area (Å²) in [7, 11) is 3.06. The Balaban J connectivity index is 1.44. The average molecular weight is 668 g/mol.